The third-order valence-electron chi connectivity index (χ3n) is 5.07. The molecule has 1 saturated heterocycles. The third-order valence-corrected chi connectivity index (χ3v) is 5.07. The molecule has 3 N–H and O–H groups in total. The van der Waals surface area contributed by atoms with Crippen molar-refractivity contribution in [1.29, 1.82) is 0 Å². The molecule has 1 aliphatic carbocycles. The van der Waals surface area contributed by atoms with Gasteiger partial charge in [0, 0.05) is 31.6 Å². The number of carbonyl (C=O) groups is 2. The molecule has 0 radical (unpaired) electrons. The predicted octanol–water partition coefficient (Wildman–Crippen LogP) is 1.27. The lowest BCUT2D eigenvalue weighted by Crippen LogP contribution is -2.52. The minimum Gasteiger partial charge on any atom is -0.353 e. The molecule has 1 aliphatic heterocycles. The number of nitrogens with two attached hydrogens (primary N) is 1. The van der Waals surface area contributed by atoms with Gasteiger partial charge >= 0.3 is 0 Å². The van der Waals surface area contributed by atoms with E-state index in [-0.39, 0.29) is 29.2 Å². The van der Waals surface area contributed by atoms with Crippen molar-refractivity contribution in [2.24, 2.45) is 17.1 Å². The average molecular weight is 295 g/mol. The Hall–Kier alpha value is -1.10. The topological polar surface area (TPSA) is 75.4 Å². The molecule has 2 aliphatic rings. The van der Waals surface area contributed by atoms with E-state index in [1.165, 1.54) is 0 Å². The first-order valence-electron chi connectivity index (χ1n) is 8.28. The van der Waals surface area contributed by atoms with Crippen LogP contribution in [0, 0.1) is 11.3 Å². The number of carbonyl (C=O) groups excluding carboxylic acids is 2. The maximum absolute atomic E-state index is 12.5. The standard InChI is InChI=1S/C16H29N3O2/c1-12(2)14(20)19-9-5-13(6-10-19)18-15(21)16(11-17)7-3-4-8-16/h12-13H,3-11,17H2,1-2H3,(H,18,21). The second-order valence-corrected chi connectivity index (χ2v) is 6.92. The summed E-state index contributed by atoms with van der Waals surface area (Å²) >= 11 is 0. The van der Waals surface area contributed by atoms with E-state index in [4.69, 9.17) is 5.73 Å². The summed E-state index contributed by atoms with van der Waals surface area (Å²) < 4.78 is 0. The molecular formula is C16H29N3O2. The summed E-state index contributed by atoms with van der Waals surface area (Å²) in [6.07, 6.45) is 5.74. The number of rotatable bonds is 4. The van der Waals surface area contributed by atoms with Crippen LogP contribution in [0.25, 0.3) is 0 Å². The highest BCUT2D eigenvalue weighted by atomic mass is 16.2. The van der Waals surface area contributed by atoms with Crippen LogP contribution in [0.4, 0.5) is 0 Å². The van der Waals surface area contributed by atoms with Gasteiger partial charge in [-0.05, 0) is 25.7 Å². The van der Waals surface area contributed by atoms with Gasteiger partial charge in [-0.15, -0.1) is 0 Å². The smallest absolute Gasteiger partial charge is 0.227 e. The van der Waals surface area contributed by atoms with Crippen molar-refractivity contribution >= 4 is 11.8 Å². The van der Waals surface area contributed by atoms with Crippen molar-refractivity contribution in [3.63, 3.8) is 0 Å². The number of piperidine rings is 1. The monoisotopic (exact) mass is 295 g/mol. The van der Waals surface area contributed by atoms with Gasteiger partial charge in [-0.2, -0.15) is 0 Å². The lowest BCUT2D eigenvalue weighted by Gasteiger charge is -2.35. The normalized spacial score (nSPS) is 22.6. The molecule has 0 unspecified atom stereocenters. The lowest BCUT2D eigenvalue weighted by molar-refractivity contribution is -0.136. The van der Waals surface area contributed by atoms with Gasteiger partial charge < -0.3 is 16.0 Å². The van der Waals surface area contributed by atoms with Crippen molar-refractivity contribution < 1.29 is 9.59 Å². The Balaban J connectivity index is 1.83. The summed E-state index contributed by atoms with van der Waals surface area (Å²) in [7, 11) is 0. The predicted molar refractivity (Wildman–Crippen MR) is 82.5 cm³/mol. The van der Waals surface area contributed by atoms with E-state index in [2.05, 4.69) is 5.32 Å². The summed E-state index contributed by atoms with van der Waals surface area (Å²) in [5.74, 6) is 0.403. The molecule has 21 heavy (non-hydrogen) atoms. The highest BCUT2D eigenvalue weighted by molar-refractivity contribution is 5.83. The van der Waals surface area contributed by atoms with Crippen molar-refractivity contribution in [2.75, 3.05) is 19.6 Å². The Morgan fingerprint density at radius 2 is 1.81 bits per heavy atom. The van der Waals surface area contributed by atoms with Crippen LogP contribution in [0.15, 0.2) is 0 Å². The molecule has 0 aromatic heterocycles. The van der Waals surface area contributed by atoms with E-state index < -0.39 is 0 Å². The summed E-state index contributed by atoms with van der Waals surface area (Å²) in [5, 5.41) is 3.18. The highest BCUT2D eigenvalue weighted by Crippen LogP contribution is 2.37. The molecule has 0 bridgehead atoms. The van der Waals surface area contributed by atoms with Gasteiger partial charge in [-0.1, -0.05) is 26.7 Å². The number of nitrogens with one attached hydrogen (secondary N) is 1. The highest BCUT2D eigenvalue weighted by Gasteiger charge is 2.40. The molecule has 2 fully saturated rings. The van der Waals surface area contributed by atoms with Crippen LogP contribution in [-0.2, 0) is 9.59 Å². The number of nitrogens with zero attached hydrogens (tertiary/aromatic N) is 1. The first-order valence-corrected chi connectivity index (χ1v) is 8.28. The van der Waals surface area contributed by atoms with E-state index in [1.54, 1.807) is 0 Å². The maximum atomic E-state index is 12.5. The molecule has 2 amide bonds. The Bertz CT molecular complexity index is 381. The first-order chi connectivity index (χ1) is 9.98. The Morgan fingerprint density at radius 3 is 2.29 bits per heavy atom. The molecule has 1 saturated carbocycles. The van der Waals surface area contributed by atoms with Crippen LogP contribution in [0.2, 0.25) is 0 Å². The van der Waals surface area contributed by atoms with Gasteiger partial charge in [-0.3, -0.25) is 9.59 Å². The molecule has 0 aromatic rings. The van der Waals surface area contributed by atoms with Gasteiger partial charge in [0.15, 0.2) is 0 Å². The van der Waals surface area contributed by atoms with Crippen molar-refractivity contribution in [3.05, 3.63) is 0 Å². The van der Waals surface area contributed by atoms with Gasteiger partial charge in [0.1, 0.15) is 0 Å². The summed E-state index contributed by atoms with van der Waals surface area (Å²) in [5.41, 5.74) is 5.53. The van der Waals surface area contributed by atoms with Crippen molar-refractivity contribution in [3.8, 4) is 0 Å². The minimum absolute atomic E-state index is 0.0511. The minimum atomic E-state index is -0.328. The molecule has 0 spiro atoms. The Labute approximate surface area is 127 Å². The SMILES string of the molecule is CC(C)C(=O)N1CCC(NC(=O)C2(CN)CCCC2)CC1. The van der Waals surface area contributed by atoms with Crippen LogP contribution in [0.1, 0.15) is 52.4 Å². The van der Waals surface area contributed by atoms with E-state index in [0.29, 0.717) is 6.54 Å². The largest absolute Gasteiger partial charge is 0.353 e. The summed E-state index contributed by atoms with van der Waals surface area (Å²) in [4.78, 5) is 26.4. The van der Waals surface area contributed by atoms with Gasteiger partial charge in [0.05, 0.1) is 5.41 Å². The quantitative estimate of drug-likeness (QED) is 0.820. The van der Waals surface area contributed by atoms with E-state index in [0.717, 1.165) is 51.6 Å². The van der Waals surface area contributed by atoms with Crippen LogP contribution in [-0.4, -0.2) is 42.4 Å². The molecular weight excluding hydrogens is 266 g/mol. The molecule has 5 nitrogen and oxygen atoms in total. The second-order valence-electron chi connectivity index (χ2n) is 6.92. The number of hydrogen-bond acceptors (Lipinski definition) is 3. The van der Waals surface area contributed by atoms with Crippen LogP contribution in [0.5, 0.6) is 0 Å². The fourth-order valence-electron chi connectivity index (χ4n) is 3.52. The fourth-order valence-corrected chi connectivity index (χ4v) is 3.52. The molecule has 2 rings (SSSR count). The first kappa shape index (κ1) is 16.3. The molecule has 5 heteroatoms. The maximum Gasteiger partial charge on any atom is 0.227 e. The Kier molecular flexibility index (Phi) is 5.25. The molecule has 1 heterocycles. The number of likely N-dealkylation sites (tertiary alicyclic amines) is 1. The van der Waals surface area contributed by atoms with E-state index >= 15 is 0 Å². The van der Waals surface area contributed by atoms with Gasteiger partial charge in [0.2, 0.25) is 11.8 Å². The van der Waals surface area contributed by atoms with Gasteiger partial charge in [-0.25, -0.2) is 0 Å². The third kappa shape index (κ3) is 3.57. The molecule has 0 atom stereocenters. The Morgan fingerprint density at radius 1 is 1.24 bits per heavy atom. The lowest BCUT2D eigenvalue weighted by atomic mass is 9.84. The fraction of sp³-hybridized carbons (Fsp3) is 0.875. The van der Waals surface area contributed by atoms with E-state index in [1.807, 2.05) is 18.7 Å². The molecule has 120 valence electrons. The number of amides is 2. The zero-order valence-corrected chi connectivity index (χ0v) is 13.4. The van der Waals surface area contributed by atoms with Crippen LogP contribution in [0.3, 0.4) is 0 Å². The van der Waals surface area contributed by atoms with Crippen LogP contribution < -0.4 is 11.1 Å². The van der Waals surface area contributed by atoms with Crippen molar-refractivity contribution in [2.45, 2.75) is 58.4 Å². The summed E-state index contributed by atoms with van der Waals surface area (Å²) in [6.45, 7) is 5.81. The average Bonchev–Trinajstić information content (AvgIpc) is 2.97. The molecule has 0 aromatic carbocycles. The van der Waals surface area contributed by atoms with E-state index in [9.17, 15) is 9.59 Å². The zero-order chi connectivity index (χ0) is 15.5. The summed E-state index contributed by atoms with van der Waals surface area (Å²) in [6, 6.07) is 0.192. The number of hydrogen-bond donors (Lipinski definition) is 2. The zero-order valence-electron chi connectivity index (χ0n) is 13.4. The van der Waals surface area contributed by atoms with Gasteiger partial charge in [0.25, 0.3) is 0 Å². The van der Waals surface area contributed by atoms with Crippen LogP contribution >= 0.6 is 0 Å². The van der Waals surface area contributed by atoms with Crippen molar-refractivity contribution in [1.82, 2.24) is 10.2 Å². The second kappa shape index (κ2) is 6.77.